The molecule has 0 fully saturated rings. The van der Waals surface area contributed by atoms with E-state index < -0.39 is 0 Å². The van der Waals surface area contributed by atoms with Crippen LogP contribution >= 0.6 is 0 Å². The van der Waals surface area contributed by atoms with Crippen molar-refractivity contribution in [1.29, 1.82) is 0 Å². The quantitative estimate of drug-likeness (QED) is 0.485. The standard InChI is InChI=1S/C28H27NO5/c1-18-4-6-19(7-5-18)15-26-27(30)21-9-11-23-22(28(21)34-26)16-29(17-33-23)13-12-20-8-10-24(31-2)25(14-20)32-3/h4-11,14-15H,12-13,16-17H2,1-3H3/b26-15-. The molecule has 0 aromatic heterocycles. The fourth-order valence-electron chi connectivity index (χ4n) is 4.29. The summed E-state index contributed by atoms with van der Waals surface area (Å²) in [5.41, 5.74) is 4.75. The highest BCUT2D eigenvalue weighted by Gasteiger charge is 2.33. The van der Waals surface area contributed by atoms with Crippen LogP contribution in [0.1, 0.15) is 32.6 Å². The minimum atomic E-state index is -0.0965. The number of nitrogens with zero attached hydrogens (tertiary/aromatic N) is 1. The number of hydrogen-bond acceptors (Lipinski definition) is 6. The SMILES string of the molecule is COc1ccc(CCN2COc3ccc4c(c3C2)O/C(=C\c2ccc(C)cc2)C4=O)cc1OC. The summed E-state index contributed by atoms with van der Waals surface area (Å²) >= 11 is 0. The van der Waals surface area contributed by atoms with Gasteiger partial charge in [0.1, 0.15) is 18.2 Å². The van der Waals surface area contributed by atoms with Crippen molar-refractivity contribution in [3.63, 3.8) is 0 Å². The molecular formula is C28H27NO5. The van der Waals surface area contributed by atoms with Gasteiger partial charge in [0.2, 0.25) is 5.78 Å². The minimum absolute atomic E-state index is 0.0965. The van der Waals surface area contributed by atoms with E-state index in [0.29, 0.717) is 36.1 Å². The van der Waals surface area contributed by atoms with Crippen molar-refractivity contribution in [2.75, 3.05) is 27.5 Å². The predicted octanol–water partition coefficient (Wildman–Crippen LogP) is 5.02. The number of carbonyl (C=O) groups is 1. The third-order valence-electron chi connectivity index (χ3n) is 6.22. The number of hydrogen-bond donors (Lipinski definition) is 0. The van der Waals surface area contributed by atoms with Crippen LogP contribution in [0.15, 0.2) is 60.4 Å². The van der Waals surface area contributed by atoms with E-state index in [2.05, 4.69) is 4.90 Å². The van der Waals surface area contributed by atoms with Crippen LogP contribution in [0.4, 0.5) is 0 Å². The molecule has 3 aromatic rings. The molecule has 0 bridgehead atoms. The molecule has 34 heavy (non-hydrogen) atoms. The van der Waals surface area contributed by atoms with Gasteiger partial charge in [-0.1, -0.05) is 35.9 Å². The number of benzene rings is 3. The number of allylic oxidation sites excluding steroid dienone is 1. The number of rotatable bonds is 6. The van der Waals surface area contributed by atoms with Crippen molar-refractivity contribution in [2.45, 2.75) is 19.9 Å². The van der Waals surface area contributed by atoms with Crippen LogP contribution < -0.4 is 18.9 Å². The van der Waals surface area contributed by atoms with Gasteiger partial charge in [0.15, 0.2) is 17.3 Å². The van der Waals surface area contributed by atoms with E-state index in [9.17, 15) is 4.79 Å². The van der Waals surface area contributed by atoms with Gasteiger partial charge in [-0.25, -0.2) is 0 Å². The number of fused-ring (bicyclic) bond motifs is 3. The number of methoxy groups -OCH3 is 2. The van der Waals surface area contributed by atoms with Gasteiger partial charge < -0.3 is 18.9 Å². The molecule has 174 valence electrons. The number of ether oxygens (including phenoxy) is 4. The summed E-state index contributed by atoms with van der Waals surface area (Å²) in [6.07, 6.45) is 2.62. The van der Waals surface area contributed by atoms with Crippen molar-refractivity contribution >= 4 is 11.9 Å². The van der Waals surface area contributed by atoms with E-state index in [1.807, 2.05) is 55.5 Å². The molecule has 6 nitrogen and oxygen atoms in total. The lowest BCUT2D eigenvalue weighted by Gasteiger charge is -2.29. The number of aryl methyl sites for hydroxylation is 1. The molecule has 0 saturated carbocycles. The Morgan fingerprint density at radius 3 is 2.56 bits per heavy atom. The lowest BCUT2D eigenvalue weighted by atomic mass is 10.0. The Morgan fingerprint density at radius 1 is 1.00 bits per heavy atom. The van der Waals surface area contributed by atoms with Crippen LogP contribution in [-0.4, -0.2) is 38.2 Å². The zero-order valence-corrected chi connectivity index (χ0v) is 19.6. The van der Waals surface area contributed by atoms with Gasteiger partial charge in [-0.3, -0.25) is 9.69 Å². The molecule has 0 saturated heterocycles. The summed E-state index contributed by atoms with van der Waals surface area (Å²) in [5.74, 6) is 3.06. The Morgan fingerprint density at radius 2 is 1.79 bits per heavy atom. The Bertz CT molecular complexity index is 1260. The fraction of sp³-hybridized carbons (Fsp3) is 0.250. The molecule has 0 aliphatic carbocycles. The minimum Gasteiger partial charge on any atom is -0.493 e. The summed E-state index contributed by atoms with van der Waals surface area (Å²) in [4.78, 5) is 15.2. The highest BCUT2D eigenvalue weighted by atomic mass is 16.5. The maximum absolute atomic E-state index is 13.0. The summed E-state index contributed by atoms with van der Waals surface area (Å²) in [6.45, 7) is 3.96. The van der Waals surface area contributed by atoms with Gasteiger partial charge in [0, 0.05) is 13.1 Å². The molecule has 0 N–H and O–H groups in total. The van der Waals surface area contributed by atoms with Crippen LogP contribution in [0.2, 0.25) is 0 Å². The third kappa shape index (κ3) is 4.24. The Kier molecular flexibility index (Phi) is 5.99. The van der Waals surface area contributed by atoms with Gasteiger partial charge >= 0.3 is 0 Å². The van der Waals surface area contributed by atoms with Crippen molar-refractivity contribution in [1.82, 2.24) is 4.90 Å². The van der Waals surface area contributed by atoms with Crippen molar-refractivity contribution in [3.05, 3.63) is 88.2 Å². The number of Topliss-reactive ketones (excluding diaryl/α,β-unsaturated/α-hetero) is 1. The molecule has 0 spiro atoms. The Balaban J connectivity index is 1.32. The first kappa shape index (κ1) is 22.0. The molecule has 0 unspecified atom stereocenters. The second-order valence-corrected chi connectivity index (χ2v) is 8.53. The summed E-state index contributed by atoms with van der Waals surface area (Å²) < 4.78 is 22.8. The van der Waals surface area contributed by atoms with E-state index in [4.69, 9.17) is 18.9 Å². The summed E-state index contributed by atoms with van der Waals surface area (Å²) in [7, 11) is 3.27. The highest BCUT2D eigenvalue weighted by molar-refractivity contribution is 6.15. The molecule has 5 rings (SSSR count). The zero-order chi connectivity index (χ0) is 23.7. The molecule has 2 aliphatic rings. The van der Waals surface area contributed by atoms with Gasteiger partial charge in [-0.2, -0.15) is 0 Å². The largest absolute Gasteiger partial charge is 0.493 e. The second-order valence-electron chi connectivity index (χ2n) is 8.53. The summed E-state index contributed by atoms with van der Waals surface area (Å²) in [6, 6.07) is 17.6. The Labute approximate surface area is 199 Å². The lowest BCUT2D eigenvalue weighted by Crippen LogP contribution is -2.33. The second kappa shape index (κ2) is 9.23. The number of carbonyl (C=O) groups excluding carboxylic acids is 1. The maximum atomic E-state index is 13.0. The molecule has 2 heterocycles. The molecule has 0 amide bonds. The Hall–Kier alpha value is -3.77. The monoisotopic (exact) mass is 457 g/mol. The van der Waals surface area contributed by atoms with Gasteiger partial charge in [-0.05, 0) is 54.8 Å². The van der Waals surface area contributed by atoms with Crippen LogP contribution in [-0.2, 0) is 13.0 Å². The first-order valence-electron chi connectivity index (χ1n) is 11.3. The molecule has 2 aliphatic heterocycles. The average Bonchev–Trinajstić information content (AvgIpc) is 3.19. The van der Waals surface area contributed by atoms with Crippen molar-refractivity contribution in [2.24, 2.45) is 0 Å². The zero-order valence-electron chi connectivity index (χ0n) is 19.6. The first-order chi connectivity index (χ1) is 16.6. The van der Waals surface area contributed by atoms with Gasteiger partial charge in [0.25, 0.3) is 0 Å². The molecule has 0 atom stereocenters. The van der Waals surface area contributed by atoms with Crippen LogP contribution in [0.25, 0.3) is 6.08 Å². The summed E-state index contributed by atoms with van der Waals surface area (Å²) in [5, 5.41) is 0. The molecular weight excluding hydrogens is 430 g/mol. The van der Waals surface area contributed by atoms with E-state index in [-0.39, 0.29) is 5.78 Å². The van der Waals surface area contributed by atoms with Crippen molar-refractivity contribution in [3.8, 4) is 23.0 Å². The number of ketones is 1. The van der Waals surface area contributed by atoms with E-state index in [1.165, 1.54) is 5.56 Å². The van der Waals surface area contributed by atoms with E-state index in [0.717, 1.165) is 41.2 Å². The van der Waals surface area contributed by atoms with E-state index >= 15 is 0 Å². The lowest BCUT2D eigenvalue weighted by molar-refractivity contribution is 0.0949. The van der Waals surface area contributed by atoms with Crippen molar-refractivity contribution < 1.29 is 23.7 Å². The molecule has 3 aromatic carbocycles. The average molecular weight is 458 g/mol. The first-order valence-corrected chi connectivity index (χ1v) is 11.3. The predicted molar refractivity (Wildman–Crippen MR) is 130 cm³/mol. The third-order valence-corrected chi connectivity index (χ3v) is 6.22. The van der Waals surface area contributed by atoms with E-state index in [1.54, 1.807) is 26.4 Å². The van der Waals surface area contributed by atoms with Gasteiger partial charge in [-0.15, -0.1) is 0 Å². The fourth-order valence-corrected chi connectivity index (χ4v) is 4.29. The smallest absolute Gasteiger partial charge is 0.231 e. The maximum Gasteiger partial charge on any atom is 0.231 e. The van der Waals surface area contributed by atoms with Crippen LogP contribution in [0.3, 0.4) is 0 Å². The molecule has 0 radical (unpaired) electrons. The molecule has 6 heteroatoms. The van der Waals surface area contributed by atoms with Crippen LogP contribution in [0, 0.1) is 6.92 Å². The van der Waals surface area contributed by atoms with Crippen LogP contribution in [0.5, 0.6) is 23.0 Å². The topological polar surface area (TPSA) is 57.2 Å². The normalized spacial score (nSPS) is 16.0. The van der Waals surface area contributed by atoms with Gasteiger partial charge in [0.05, 0.1) is 25.3 Å². The highest BCUT2D eigenvalue weighted by Crippen LogP contribution is 2.42.